The van der Waals surface area contributed by atoms with E-state index in [1.807, 2.05) is 0 Å². The van der Waals surface area contributed by atoms with Crippen molar-refractivity contribution < 1.29 is 14.6 Å². The quantitative estimate of drug-likeness (QED) is 0.646. The minimum Gasteiger partial charge on any atom is -0.349 e. The van der Waals surface area contributed by atoms with Gasteiger partial charge in [0.15, 0.2) is 6.54 Å². The van der Waals surface area contributed by atoms with Crippen LogP contribution in [-0.4, -0.2) is 44.7 Å². The Morgan fingerprint density at radius 1 is 1.04 bits per heavy atom. The standard InChI is InChI=1S/C20H33N3O/c1-5-17(4)21-20(24)15-23-12-10-22(11-13-23)14-18-6-8-19(9-7-18)16(2)3/h6-9,16-17H,5,10-15H2,1-4H3,(H,21,24)/p+2/t17-/m0/s1. The topological polar surface area (TPSA) is 38.0 Å². The normalized spacial score (nSPS) is 22.4. The largest absolute Gasteiger partial charge is 0.349 e. The molecular formula is C20H35N3O+2. The lowest BCUT2D eigenvalue weighted by Crippen LogP contribution is -3.28. The first kappa shape index (κ1) is 18.9. The Hall–Kier alpha value is -1.39. The van der Waals surface area contributed by atoms with Gasteiger partial charge in [0.25, 0.3) is 5.91 Å². The minimum atomic E-state index is 0.201. The molecule has 1 amide bonds. The first-order chi connectivity index (χ1) is 11.5. The maximum atomic E-state index is 12.0. The fourth-order valence-corrected chi connectivity index (χ4v) is 3.27. The molecule has 0 radical (unpaired) electrons. The van der Waals surface area contributed by atoms with Crippen molar-refractivity contribution in [3.05, 3.63) is 35.4 Å². The van der Waals surface area contributed by atoms with Crippen molar-refractivity contribution in [3.8, 4) is 0 Å². The molecule has 1 aliphatic rings. The first-order valence-electron chi connectivity index (χ1n) is 9.53. The van der Waals surface area contributed by atoms with E-state index in [1.54, 1.807) is 4.90 Å². The Kier molecular flexibility index (Phi) is 7.25. The molecule has 1 fully saturated rings. The molecule has 0 unspecified atom stereocenters. The van der Waals surface area contributed by atoms with E-state index in [4.69, 9.17) is 0 Å². The summed E-state index contributed by atoms with van der Waals surface area (Å²) in [4.78, 5) is 15.1. The maximum Gasteiger partial charge on any atom is 0.275 e. The van der Waals surface area contributed by atoms with Crippen LogP contribution in [0.1, 0.15) is 51.2 Å². The number of nitrogens with one attached hydrogen (secondary N) is 3. The highest BCUT2D eigenvalue weighted by Crippen LogP contribution is 2.14. The zero-order chi connectivity index (χ0) is 17.5. The second kappa shape index (κ2) is 9.19. The Morgan fingerprint density at radius 2 is 1.62 bits per heavy atom. The number of rotatable bonds is 7. The van der Waals surface area contributed by atoms with Crippen LogP contribution in [0, 0.1) is 0 Å². The molecular weight excluding hydrogens is 298 g/mol. The highest BCUT2D eigenvalue weighted by Gasteiger charge is 2.25. The first-order valence-corrected chi connectivity index (χ1v) is 9.53. The zero-order valence-electron chi connectivity index (χ0n) is 15.8. The van der Waals surface area contributed by atoms with Crippen molar-refractivity contribution in [1.82, 2.24) is 5.32 Å². The third kappa shape index (κ3) is 5.91. The summed E-state index contributed by atoms with van der Waals surface area (Å²) in [6.07, 6.45) is 0.995. The average molecular weight is 334 g/mol. The van der Waals surface area contributed by atoms with E-state index in [2.05, 4.69) is 57.3 Å². The Labute approximate surface area is 147 Å². The molecule has 4 nitrogen and oxygen atoms in total. The molecule has 0 aromatic heterocycles. The molecule has 1 atom stereocenters. The molecule has 1 saturated heterocycles. The summed E-state index contributed by atoms with van der Waals surface area (Å²) >= 11 is 0. The smallest absolute Gasteiger partial charge is 0.275 e. The van der Waals surface area contributed by atoms with Gasteiger partial charge in [-0.3, -0.25) is 4.79 Å². The molecule has 134 valence electrons. The molecule has 3 N–H and O–H groups in total. The molecule has 24 heavy (non-hydrogen) atoms. The van der Waals surface area contributed by atoms with Crippen molar-refractivity contribution in [2.24, 2.45) is 0 Å². The van der Waals surface area contributed by atoms with Gasteiger partial charge in [-0.25, -0.2) is 0 Å². The van der Waals surface area contributed by atoms with Gasteiger partial charge in [0.1, 0.15) is 32.7 Å². The van der Waals surface area contributed by atoms with Crippen molar-refractivity contribution in [2.75, 3.05) is 32.7 Å². The van der Waals surface area contributed by atoms with Gasteiger partial charge >= 0.3 is 0 Å². The molecule has 0 aliphatic carbocycles. The van der Waals surface area contributed by atoms with Crippen LogP contribution in [-0.2, 0) is 11.3 Å². The molecule has 2 rings (SSSR count). The lowest BCUT2D eigenvalue weighted by atomic mass is 10.0. The number of amides is 1. The summed E-state index contributed by atoms with van der Waals surface area (Å²) in [6, 6.07) is 9.38. The van der Waals surface area contributed by atoms with Gasteiger partial charge in [-0.05, 0) is 24.8 Å². The monoisotopic (exact) mass is 333 g/mol. The van der Waals surface area contributed by atoms with Gasteiger partial charge in [-0.1, -0.05) is 45.0 Å². The fraction of sp³-hybridized carbons (Fsp3) is 0.650. The number of hydrogen-bond acceptors (Lipinski definition) is 1. The van der Waals surface area contributed by atoms with Gasteiger partial charge in [-0.2, -0.15) is 0 Å². The van der Waals surface area contributed by atoms with Gasteiger partial charge in [-0.15, -0.1) is 0 Å². The van der Waals surface area contributed by atoms with Gasteiger partial charge in [0.05, 0.1) is 0 Å². The number of quaternary nitrogens is 2. The van der Waals surface area contributed by atoms with Crippen LogP contribution in [0.2, 0.25) is 0 Å². The second-order valence-electron chi connectivity index (χ2n) is 7.63. The predicted octanol–water partition coefficient (Wildman–Crippen LogP) is 0.00810. The molecule has 1 heterocycles. The van der Waals surface area contributed by atoms with E-state index in [0.717, 1.165) is 39.1 Å². The summed E-state index contributed by atoms with van der Waals surface area (Å²) < 4.78 is 0. The Morgan fingerprint density at radius 3 is 2.17 bits per heavy atom. The van der Waals surface area contributed by atoms with E-state index in [9.17, 15) is 4.79 Å². The molecule has 1 aromatic rings. The highest BCUT2D eigenvalue weighted by atomic mass is 16.2. The second-order valence-corrected chi connectivity index (χ2v) is 7.63. The van der Waals surface area contributed by atoms with Crippen LogP contribution in [0.25, 0.3) is 0 Å². The summed E-state index contributed by atoms with van der Waals surface area (Å²) in [5.41, 5.74) is 2.84. The molecule has 0 spiro atoms. The summed E-state index contributed by atoms with van der Waals surface area (Å²) in [6.45, 7) is 14.9. The predicted molar refractivity (Wildman–Crippen MR) is 98.4 cm³/mol. The van der Waals surface area contributed by atoms with Gasteiger partial charge in [0.2, 0.25) is 0 Å². The third-order valence-electron chi connectivity index (χ3n) is 5.20. The van der Waals surface area contributed by atoms with Crippen LogP contribution in [0.5, 0.6) is 0 Å². The van der Waals surface area contributed by atoms with Crippen LogP contribution < -0.4 is 15.1 Å². The van der Waals surface area contributed by atoms with Crippen molar-refractivity contribution in [2.45, 2.75) is 52.6 Å². The summed E-state index contributed by atoms with van der Waals surface area (Å²) in [5.74, 6) is 0.798. The number of carbonyl (C=O) groups excluding carboxylic acids is 1. The van der Waals surface area contributed by atoms with E-state index in [1.165, 1.54) is 16.0 Å². The highest BCUT2D eigenvalue weighted by molar-refractivity contribution is 5.77. The lowest BCUT2D eigenvalue weighted by Gasteiger charge is -2.29. The van der Waals surface area contributed by atoms with E-state index < -0.39 is 0 Å². The minimum absolute atomic E-state index is 0.201. The van der Waals surface area contributed by atoms with Crippen molar-refractivity contribution in [3.63, 3.8) is 0 Å². The summed E-state index contributed by atoms with van der Waals surface area (Å²) in [5, 5.41) is 3.08. The lowest BCUT2D eigenvalue weighted by molar-refractivity contribution is -1.02. The Balaban J connectivity index is 1.73. The molecule has 4 heteroatoms. The number of hydrogen-bond donors (Lipinski definition) is 3. The zero-order valence-corrected chi connectivity index (χ0v) is 15.8. The number of piperazine rings is 1. The molecule has 0 bridgehead atoms. The van der Waals surface area contributed by atoms with Crippen molar-refractivity contribution in [1.29, 1.82) is 0 Å². The van der Waals surface area contributed by atoms with Gasteiger partial charge in [0, 0.05) is 11.6 Å². The molecule has 1 aliphatic heterocycles. The SMILES string of the molecule is CC[C@H](C)NC(=O)C[NH+]1CC[NH+](Cc2ccc(C(C)C)cc2)CC1. The van der Waals surface area contributed by atoms with Crippen molar-refractivity contribution >= 4 is 5.91 Å². The number of benzene rings is 1. The molecule has 0 saturated carbocycles. The van der Waals surface area contributed by atoms with Crippen LogP contribution in [0.3, 0.4) is 0 Å². The third-order valence-corrected chi connectivity index (χ3v) is 5.20. The van der Waals surface area contributed by atoms with Crippen LogP contribution in [0.15, 0.2) is 24.3 Å². The fourth-order valence-electron chi connectivity index (χ4n) is 3.27. The Bertz CT molecular complexity index is 504. The van der Waals surface area contributed by atoms with Crippen LogP contribution in [0.4, 0.5) is 0 Å². The summed E-state index contributed by atoms with van der Waals surface area (Å²) in [7, 11) is 0. The van der Waals surface area contributed by atoms with E-state index in [-0.39, 0.29) is 11.9 Å². The van der Waals surface area contributed by atoms with E-state index >= 15 is 0 Å². The average Bonchev–Trinajstić information content (AvgIpc) is 2.57. The van der Waals surface area contributed by atoms with Gasteiger partial charge < -0.3 is 15.1 Å². The number of carbonyl (C=O) groups is 1. The maximum absolute atomic E-state index is 12.0. The van der Waals surface area contributed by atoms with E-state index in [0.29, 0.717) is 12.5 Å². The molecule has 1 aromatic carbocycles. The van der Waals surface area contributed by atoms with Crippen LogP contribution >= 0.6 is 0 Å².